The van der Waals surface area contributed by atoms with E-state index in [-0.39, 0.29) is 6.04 Å². The Hall–Kier alpha value is -1.42. The predicted molar refractivity (Wildman–Crippen MR) is 67.8 cm³/mol. The van der Waals surface area contributed by atoms with Crippen LogP contribution in [0.25, 0.3) is 11.2 Å². The molecule has 1 aliphatic rings. The topological polar surface area (TPSA) is 67.6 Å². The highest BCUT2D eigenvalue weighted by Gasteiger charge is 2.26. The van der Waals surface area contributed by atoms with Crippen LogP contribution >= 0.6 is 0 Å². The molecule has 0 spiro atoms. The summed E-state index contributed by atoms with van der Waals surface area (Å²) in [6, 6.07) is 2.25. The molecule has 0 radical (unpaired) electrons. The predicted octanol–water partition coefficient (Wildman–Crippen LogP) is 2.25. The molecule has 1 aliphatic carbocycles. The summed E-state index contributed by atoms with van der Waals surface area (Å²) in [5, 5.41) is 0. The zero-order valence-corrected chi connectivity index (χ0v) is 10.1. The van der Waals surface area contributed by atoms with Crippen LogP contribution in [0.3, 0.4) is 0 Å². The largest absolute Gasteiger partial charge is 0.340 e. The molecule has 0 aromatic carbocycles. The Bertz CT molecular complexity index is 531. The van der Waals surface area contributed by atoms with Crippen molar-refractivity contribution in [1.29, 1.82) is 0 Å². The van der Waals surface area contributed by atoms with E-state index in [0.29, 0.717) is 5.92 Å². The maximum atomic E-state index is 6.19. The van der Waals surface area contributed by atoms with Gasteiger partial charge in [0.05, 0.1) is 5.52 Å². The van der Waals surface area contributed by atoms with Gasteiger partial charge in [0.2, 0.25) is 0 Å². The number of hydrogen-bond acceptors (Lipinski definition) is 3. The molecule has 4 nitrogen and oxygen atoms in total. The van der Waals surface area contributed by atoms with Gasteiger partial charge in [-0.2, -0.15) is 0 Å². The van der Waals surface area contributed by atoms with Crippen LogP contribution in [0.15, 0.2) is 12.3 Å². The fourth-order valence-electron chi connectivity index (χ4n) is 2.73. The van der Waals surface area contributed by atoms with Crippen LogP contribution in [-0.4, -0.2) is 21.0 Å². The van der Waals surface area contributed by atoms with E-state index in [9.17, 15) is 0 Å². The average molecular weight is 230 g/mol. The minimum absolute atomic E-state index is 0.240. The molecule has 1 saturated carbocycles. The van der Waals surface area contributed by atoms with Gasteiger partial charge in [-0.3, -0.25) is 0 Å². The van der Waals surface area contributed by atoms with Crippen molar-refractivity contribution in [3.63, 3.8) is 0 Å². The van der Waals surface area contributed by atoms with Gasteiger partial charge in [-0.1, -0.05) is 12.8 Å². The van der Waals surface area contributed by atoms with Crippen molar-refractivity contribution in [2.24, 2.45) is 5.73 Å². The molecule has 3 rings (SSSR count). The second-order valence-electron chi connectivity index (χ2n) is 5.00. The zero-order valence-electron chi connectivity index (χ0n) is 10.1. The van der Waals surface area contributed by atoms with Crippen molar-refractivity contribution < 1.29 is 0 Å². The highest BCUT2D eigenvalue weighted by Crippen LogP contribution is 2.31. The van der Waals surface area contributed by atoms with E-state index in [2.05, 4.69) is 21.9 Å². The van der Waals surface area contributed by atoms with Crippen LogP contribution in [0, 0.1) is 6.92 Å². The van der Waals surface area contributed by atoms with Crippen molar-refractivity contribution in [1.82, 2.24) is 15.0 Å². The Morgan fingerprint density at radius 1 is 1.35 bits per heavy atom. The van der Waals surface area contributed by atoms with E-state index < -0.39 is 0 Å². The molecular weight excluding hydrogens is 212 g/mol. The van der Waals surface area contributed by atoms with Gasteiger partial charge in [0.25, 0.3) is 0 Å². The lowest BCUT2D eigenvalue weighted by Gasteiger charge is -2.26. The van der Waals surface area contributed by atoms with Crippen LogP contribution in [0.1, 0.15) is 43.0 Å². The number of pyridine rings is 1. The van der Waals surface area contributed by atoms with Gasteiger partial charge < -0.3 is 10.7 Å². The monoisotopic (exact) mass is 230 g/mol. The summed E-state index contributed by atoms with van der Waals surface area (Å²) in [6.07, 6.45) is 6.55. The zero-order chi connectivity index (χ0) is 11.8. The molecule has 3 N–H and O–H groups in total. The minimum Gasteiger partial charge on any atom is -0.340 e. The van der Waals surface area contributed by atoms with Gasteiger partial charge >= 0.3 is 0 Å². The molecule has 17 heavy (non-hydrogen) atoms. The number of aromatic nitrogens is 3. The van der Waals surface area contributed by atoms with Crippen molar-refractivity contribution >= 4 is 11.2 Å². The maximum Gasteiger partial charge on any atom is 0.177 e. The number of fused-ring (bicyclic) bond motifs is 1. The minimum atomic E-state index is 0.240. The van der Waals surface area contributed by atoms with Crippen molar-refractivity contribution in [2.45, 2.75) is 44.6 Å². The molecule has 2 aromatic rings. The van der Waals surface area contributed by atoms with E-state index in [1.54, 1.807) is 0 Å². The smallest absolute Gasteiger partial charge is 0.177 e. The third-order valence-electron chi connectivity index (χ3n) is 3.79. The highest BCUT2D eigenvalue weighted by molar-refractivity contribution is 5.74. The summed E-state index contributed by atoms with van der Waals surface area (Å²) in [7, 11) is 0. The third kappa shape index (κ3) is 1.82. The number of rotatable bonds is 1. The first-order valence-corrected chi connectivity index (χ1v) is 6.32. The number of imidazole rings is 1. The second-order valence-corrected chi connectivity index (χ2v) is 5.00. The summed E-state index contributed by atoms with van der Waals surface area (Å²) >= 11 is 0. The van der Waals surface area contributed by atoms with Gasteiger partial charge in [-0.05, 0) is 31.4 Å². The normalized spacial score (nSPS) is 25.3. The summed E-state index contributed by atoms with van der Waals surface area (Å²) in [6.45, 7) is 2.08. The fourth-order valence-corrected chi connectivity index (χ4v) is 2.73. The Morgan fingerprint density at radius 3 is 2.94 bits per heavy atom. The molecule has 2 aromatic heterocycles. The summed E-state index contributed by atoms with van der Waals surface area (Å²) in [5.41, 5.74) is 9.26. The number of H-pyrrole nitrogens is 1. The Morgan fingerprint density at radius 2 is 2.18 bits per heavy atom. The molecule has 4 heteroatoms. The van der Waals surface area contributed by atoms with Gasteiger partial charge in [-0.15, -0.1) is 0 Å². The molecule has 90 valence electrons. The number of nitrogens with one attached hydrogen (secondary N) is 1. The van der Waals surface area contributed by atoms with Crippen molar-refractivity contribution in [2.75, 3.05) is 0 Å². The van der Waals surface area contributed by atoms with Crippen LogP contribution in [0.5, 0.6) is 0 Å². The lowest BCUT2D eigenvalue weighted by molar-refractivity contribution is 0.375. The maximum absolute atomic E-state index is 6.19. The number of nitrogens with two attached hydrogens (primary N) is 1. The quantitative estimate of drug-likeness (QED) is 0.789. The Kier molecular flexibility index (Phi) is 2.59. The van der Waals surface area contributed by atoms with Gasteiger partial charge in [0, 0.05) is 18.2 Å². The summed E-state index contributed by atoms with van der Waals surface area (Å²) in [5.74, 6) is 1.39. The number of aromatic amines is 1. The SMILES string of the molecule is Cc1ccnc2nc(C3CCCCC3N)[nH]c12. The molecule has 0 aliphatic heterocycles. The summed E-state index contributed by atoms with van der Waals surface area (Å²) < 4.78 is 0. The van der Waals surface area contributed by atoms with Gasteiger partial charge in [0.15, 0.2) is 5.65 Å². The van der Waals surface area contributed by atoms with Crippen molar-refractivity contribution in [3.05, 3.63) is 23.7 Å². The fraction of sp³-hybridized carbons (Fsp3) is 0.538. The van der Waals surface area contributed by atoms with Crippen molar-refractivity contribution in [3.8, 4) is 0 Å². The number of aryl methyl sites for hydroxylation is 1. The molecule has 0 amide bonds. The molecule has 0 saturated heterocycles. The Balaban J connectivity index is 2.02. The van der Waals surface area contributed by atoms with Gasteiger partial charge in [-0.25, -0.2) is 9.97 Å². The first-order chi connectivity index (χ1) is 8.25. The third-order valence-corrected chi connectivity index (χ3v) is 3.79. The average Bonchev–Trinajstić information content (AvgIpc) is 2.75. The molecule has 0 bridgehead atoms. The van der Waals surface area contributed by atoms with Gasteiger partial charge in [0.1, 0.15) is 5.82 Å². The number of nitrogens with zero attached hydrogens (tertiary/aromatic N) is 2. The van der Waals surface area contributed by atoms with Crippen LogP contribution in [0.4, 0.5) is 0 Å². The first-order valence-electron chi connectivity index (χ1n) is 6.32. The van der Waals surface area contributed by atoms with E-state index >= 15 is 0 Å². The molecule has 2 atom stereocenters. The second kappa shape index (κ2) is 4.11. The lowest BCUT2D eigenvalue weighted by Crippen LogP contribution is -2.31. The molecule has 2 unspecified atom stereocenters. The van der Waals surface area contributed by atoms with Crippen LogP contribution in [-0.2, 0) is 0 Å². The van der Waals surface area contributed by atoms with E-state index in [1.165, 1.54) is 18.4 Å². The van der Waals surface area contributed by atoms with E-state index in [4.69, 9.17) is 5.73 Å². The first kappa shape index (κ1) is 10.7. The van der Waals surface area contributed by atoms with E-state index in [1.807, 2.05) is 12.3 Å². The lowest BCUT2D eigenvalue weighted by atomic mass is 9.84. The molecule has 2 heterocycles. The standard InChI is InChI=1S/C13H18N4/c1-8-6-7-15-13-11(8)16-12(17-13)9-4-2-3-5-10(9)14/h6-7,9-10H,2-5,14H2,1H3,(H,15,16,17). The molecule has 1 fully saturated rings. The van der Waals surface area contributed by atoms with Crippen LogP contribution < -0.4 is 5.73 Å². The van der Waals surface area contributed by atoms with E-state index in [0.717, 1.165) is 29.8 Å². The molecular formula is C13H18N4. The number of hydrogen-bond donors (Lipinski definition) is 2. The summed E-state index contributed by atoms with van der Waals surface area (Å²) in [4.78, 5) is 12.3. The highest BCUT2D eigenvalue weighted by atomic mass is 15.0. The van der Waals surface area contributed by atoms with Crippen LogP contribution in [0.2, 0.25) is 0 Å². The Labute approximate surface area is 101 Å².